The Kier molecular flexibility index (Phi) is 8.51. The van der Waals surface area contributed by atoms with Crippen molar-refractivity contribution in [2.24, 2.45) is 5.92 Å². The molecule has 1 N–H and O–H groups in total. The Bertz CT molecular complexity index is 629. The highest BCUT2D eigenvalue weighted by molar-refractivity contribution is 9.10. The first-order valence-corrected chi connectivity index (χ1v) is 9.95. The molecule has 1 fully saturated rings. The molecule has 0 radical (unpaired) electrons. The van der Waals surface area contributed by atoms with Gasteiger partial charge < -0.3 is 19.7 Å². The topological polar surface area (TPSA) is 67.9 Å². The molecule has 0 spiro atoms. The largest absolute Gasteiger partial charge is 0.492 e. The molecule has 1 aromatic carbocycles. The predicted molar refractivity (Wildman–Crippen MR) is 104 cm³/mol. The molecule has 26 heavy (non-hydrogen) atoms. The van der Waals surface area contributed by atoms with Crippen LogP contribution in [0.1, 0.15) is 26.2 Å². The Morgan fingerprint density at radius 1 is 1.42 bits per heavy atom. The lowest BCUT2D eigenvalue weighted by atomic mass is 9.98. The van der Waals surface area contributed by atoms with Crippen molar-refractivity contribution in [2.45, 2.75) is 26.2 Å². The number of urea groups is 1. The Morgan fingerprint density at radius 2 is 2.23 bits per heavy atom. The van der Waals surface area contributed by atoms with Crippen LogP contribution in [-0.4, -0.2) is 49.7 Å². The van der Waals surface area contributed by atoms with E-state index in [-0.39, 0.29) is 17.9 Å². The summed E-state index contributed by atoms with van der Waals surface area (Å²) in [7, 11) is 0. The number of nitrogens with one attached hydrogen (secondary N) is 1. The van der Waals surface area contributed by atoms with Crippen molar-refractivity contribution in [2.75, 3.05) is 32.8 Å². The van der Waals surface area contributed by atoms with Crippen LogP contribution < -0.4 is 10.1 Å². The number of nitrogens with zero attached hydrogens (tertiary/aromatic N) is 1. The van der Waals surface area contributed by atoms with Crippen molar-refractivity contribution in [3.63, 3.8) is 0 Å². The van der Waals surface area contributed by atoms with E-state index in [0.717, 1.165) is 17.3 Å². The Hall–Kier alpha value is -1.47. The number of hydrogen-bond donors (Lipinski definition) is 1. The Labute approximate surface area is 167 Å². The minimum atomic E-state index is -0.225. The second kappa shape index (κ2) is 10.6. The maximum atomic E-state index is 12.2. The van der Waals surface area contributed by atoms with Gasteiger partial charge in [0.05, 0.1) is 24.2 Å². The second-order valence-corrected chi connectivity index (χ2v) is 7.37. The summed E-state index contributed by atoms with van der Waals surface area (Å²) in [6, 6.07) is 5.28. The molecule has 1 unspecified atom stereocenters. The average Bonchev–Trinajstić information content (AvgIpc) is 2.63. The quantitative estimate of drug-likeness (QED) is 0.509. The van der Waals surface area contributed by atoms with Crippen LogP contribution in [0.4, 0.5) is 4.79 Å². The van der Waals surface area contributed by atoms with Gasteiger partial charge in [0.25, 0.3) is 0 Å². The number of piperidine rings is 1. The molecule has 1 saturated heterocycles. The van der Waals surface area contributed by atoms with Crippen LogP contribution in [0.2, 0.25) is 5.02 Å². The van der Waals surface area contributed by atoms with Crippen molar-refractivity contribution in [1.29, 1.82) is 0 Å². The Morgan fingerprint density at radius 3 is 2.96 bits per heavy atom. The van der Waals surface area contributed by atoms with Crippen LogP contribution in [0, 0.1) is 5.92 Å². The fourth-order valence-corrected chi connectivity index (χ4v) is 3.50. The molecule has 1 aromatic rings. The first kappa shape index (κ1) is 20.8. The highest BCUT2D eigenvalue weighted by Crippen LogP contribution is 2.27. The van der Waals surface area contributed by atoms with Gasteiger partial charge in [0.2, 0.25) is 0 Å². The van der Waals surface area contributed by atoms with E-state index in [1.165, 1.54) is 0 Å². The number of rotatable bonds is 7. The van der Waals surface area contributed by atoms with Crippen LogP contribution >= 0.6 is 27.5 Å². The number of carbonyl (C=O) groups excluding carboxylic acids is 2. The van der Waals surface area contributed by atoms with Gasteiger partial charge in [0.15, 0.2) is 0 Å². The molecule has 0 aromatic heterocycles. The van der Waals surface area contributed by atoms with Crippen LogP contribution in [0.25, 0.3) is 0 Å². The number of carbonyl (C=O) groups is 2. The summed E-state index contributed by atoms with van der Waals surface area (Å²) < 4.78 is 11.6. The van der Waals surface area contributed by atoms with E-state index in [0.29, 0.717) is 50.0 Å². The summed E-state index contributed by atoms with van der Waals surface area (Å²) in [6.07, 6.45) is 2.24. The summed E-state index contributed by atoms with van der Waals surface area (Å²) in [5.41, 5.74) is 0. The summed E-state index contributed by atoms with van der Waals surface area (Å²) in [5.74, 6) is 0.177. The van der Waals surface area contributed by atoms with Crippen LogP contribution in [0.5, 0.6) is 5.75 Å². The molecule has 1 aliphatic rings. The van der Waals surface area contributed by atoms with Gasteiger partial charge >= 0.3 is 12.0 Å². The van der Waals surface area contributed by atoms with Gasteiger partial charge in [-0.25, -0.2) is 4.79 Å². The zero-order valence-electron chi connectivity index (χ0n) is 14.8. The number of ether oxygens (including phenoxy) is 2. The third-order valence-electron chi connectivity index (χ3n) is 4.08. The molecule has 144 valence electrons. The van der Waals surface area contributed by atoms with E-state index >= 15 is 0 Å². The predicted octanol–water partition coefficient (Wildman–Crippen LogP) is 3.86. The lowest BCUT2D eigenvalue weighted by Gasteiger charge is -2.31. The molecular weight excluding hydrogens is 424 g/mol. The SMILES string of the molecule is CCOC(=O)C1CCCN(C(=O)NCCCOc2ccc(Br)cc2Cl)C1. The van der Waals surface area contributed by atoms with Crippen molar-refractivity contribution >= 4 is 39.5 Å². The molecule has 0 bridgehead atoms. The molecule has 1 aliphatic heterocycles. The number of esters is 1. The minimum Gasteiger partial charge on any atom is -0.492 e. The third-order valence-corrected chi connectivity index (χ3v) is 4.87. The third kappa shape index (κ3) is 6.36. The smallest absolute Gasteiger partial charge is 0.317 e. The molecule has 1 heterocycles. The maximum Gasteiger partial charge on any atom is 0.317 e. The van der Waals surface area contributed by atoms with Gasteiger partial charge in [-0.05, 0) is 44.4 Å². The van der Waals surface area contributed by atoms with Crippen molar-refractivity contribution < 1.29 is 19.1 Å². The first-order chi connectivity index (χ1) is 12.5. The normalized spacial score (nSPS) is 16.9. The lowest BCUT2D eigenvalue weighted by molar-refractivity contribution is -0.149. The summed E-state index contributed by atoms with van der Waals surface area (Å²) >= 11 is 9.43. The fourth-order valence-electron chi connectivity index (χ4n) is 2.77. The van der Waals surface area contributed by atoms with E-state index in [1.54, 1.807) is 24.0 Å². The monoisotopic (exact) mass is 446 g/mol. The van der Waals surface area contributed by atoms with E-state index in [4.69, 9.17) is 21.1 Å². The molecule has 8 heteroatoms. The molecule has 2 amide bonds. The number of halogens is 2. The fraction of sp³-hybridized carbons (Fsp3) is 0.556. The average molecular weight is 448 g/mol. The van der Waals surface area contributed by atoms with Gasteiger partial charge in [0.1, 0.15) is 5.75 Å². The van der Waals surface area contributed by atoms with Gasteiger partial charge in [-0.2, -0.15) is 0 Å². The van der Waals surface area contributed by atoms with Gasteiger partial charge in [-0.15, -0.1) is 0 Å². The van der Waals surface area contributed by atoms with Crippen LogP contribution in [-0.2, 0) is 9.53 Å². The molecule has 6 nitrogen and oxygen atoms in total. The summed E-state index contributed by atoms with van der Waals surface area (Å²) in [4.78, 5) is 25.8. The van der Waals surface area contributed by atoms with E-state index < -0.39 is 0 Å². The van der Waals surface area contributed by atoms with E-state index in [9.17, 15) is 9.59 Å². The van der Waals surface area contributed by atoms with E-state index in [1.807, 2.05) is 6.07 Å². The van der Waals surface area contributed by atoms with Crippen LogP contribution in [0.3, 0.4) is 0 Å². The van der Waals surface area contributed by atoms with Crippen molar-refractivity contribution in [3.05, 3.63) is 27.7 Å². The molecule has 0 aliphatic carbocycles. The summed E-state index contributed by atoms with van der Waals surface area (Å²) in [6.45, 7) is 4.17. The molecule has 2 rings (SSSR count). The highest BCUT2D eigenvalue weighted by Gasteiger charge is 2.29. The molecule has 0 saturated carbocycles. The number of likely N-dealkylation sites (tertiary alicyclic amines) is 1. The van der Waals surface area contributed by atoms with Crippen molar-refractivity contribution in [1.82, 2.24) is 10.2 Å². The van der Waals surface area contributed by atoms with Crippen molar-refractivity contribution in [3.8, 4) is 5.75 Å². The number of hydrogen-bond acceptors (Lipinski definition) is 4. The van der Waals surface area contributed by atoms with Gasteiger partial charge in [-0.1, -0.05) is 27.5 Å². The number of amides is 2. The lowest BCUT2D eigenvalue weighted by Crippen LogP contribution is -2.47. The molecule has 1 atom stereocenters. The standard InChI is InChI=1S/C18H24BrClN2O4/c1-2-25-17(23)13-5-3-9-22(12-13)18(24)21-8-4-10-26-16-7-6-14(19)11-15(16)20/h6-7,11,13H,2-5,8-10,12H2,1H3,(H,21,24). The maximum absolute atomic E-state index is 12.2. The van der Waals surface area contributed by atoms with Gasteiger partial charge in [0, 0.05) is 24.1 Å². The number of benzene rings is 1. The zero-order valence-corrected chi connectivity index (χ0v) is 17.1. The second-order valence-electron chi connectivity index (χ2n) is 6.05. The van der Waals surface area contributed by atoms with Gasteiger partial charge in [-0.3, -0.25) is 4.79 Å². The Balaban J connectivity index is 1.67. The summed E-state index contributed by atoms with van der Waals surface area (Å²) in [5, 5.41) is 3.41. The highest BCUT2D eigenvalue weighted by atomic mass is 79.9. The van der Waals surface area contributed by atoms with Crippen LogP contribution in [0.15, 0.2) is 22.7 Å². The first-order valence-electron chi connectivity index (χ1n) is 8.78. The minimum absolute atomic E-state index is 0.152. The van der Waals surface area contributed by atoms with E-state index in [2.05, 4.69) is 21.2 Å². The zero-order chi connectivity index (χ0) is 18.9. The molecular formula is C18H24BrClN2O4.